The molecular formula is C49H62F3N3O11S2. The van der Waals surface area contributed by atoms with Crippen LogP contribution in [0.1, 0.15) is 110 Å². The number of carbonyl (C=O) groups excluding carboxylic acids is 5. The monoisotopic (exact) mass is 989 g/mol. The molecule has 5 fully saturated rings. The number of allylic oxidation sites excluding steroid dienone is 6. The first kappa shape index (κ1) is 51.7. The lowest BCUT2D eigenvalue weighted by Gasteiger charge is -2.63. The smallest absolute Gasteiger partial charge is 0.303 e. The van der Waals surface area contributed by atoms with Crippen molar-refractivity contribution >= 4 is 58.1 Å². The minimum absolute atomic E-state index is 0.0138. The number of amides is 3. The van der Waals surface area contributed by atoms with Gasteiger partial charge in [0.2, 0.25) is 22.8 Å². The van der Waals surface area contributed by atoms with Crippen LogP contribution in [0.2, 0.25) is 0 Å². The lowest BCUT2D eigenvalue weighted by atomic mass is 9.44. The molecule has 0 radical (unpaired) electrons. The molecule has 1 heterocycles. The van der Waals surface area contributed by atoms with E-state index in [0.717, 1.165) is 23.8 Å². The van der Waals surface area contributed by atoms with Crippen LogP contribution in [0.4, 0.5) is 13.2 Å². The van der Waals surface area contributed by atoms with Gasteiger partial charge < -0.3 is 40.4 Å². The van der Waals surface area contributed by atoms with E-state index >= 15 is 8.78 Å². The summed E-state index contributed by atoms with van der Waals surface area (Å²) < 4.78 is 67.2. The van der Waals surface area contributed by atoms with Crippen LogP contribution in [0, 0.1) is 22.7 Å². The number of rotatable bonds is 18. The van der Waals surface area contributed by atoms with Crippen molar-refractivity contribution in [3.8, 4) is 5.75 Å². The second kappa shape index (κ2) is 21.0. The number of carbonyl (C=O) groups is 6. The fourth-order valence-electron chi connectivity index (χ4n) is 11.8. The van der Waals surface area contributed by atoms with Gasteiger partial charge in [0.05, 0.1) is 30.6 Å². The van der Waals surface area contributed by atoms with E-state index in [1.807, 2.05) is 19.9 Å². The zero-order valence-corrected chi connectivity index (χ0v) is 40.4. The first-order valence-electron chi connectivity index (χ1n) is 23.5. The van der Waals surface area contributed by atoms with Gasteiger partial charge in [0, 0.05) is 34.8 Å². The maximum Gasteiger partial charge on any atom is 0.303 e. The van der Waals surface area contributed by atoms with Gasteiger partial charge in [-0.2, -0.15) is 0 Å². The lowest BCUT2D eigenvalue weighted by molar-refractivity contribution is -0.232. The van der Waals surface area contributed by atoms with Crippen molar-refractivity contribution in [2.24, 2.45) is 22.7 Å². The molecule has 7 rings (SSSR count). The predicted molar refractivity (Wildman–Crippen MR) is 248 cm³/mol. The van der Waals surface area contributed by atoms with Crippen LogP contribution in [0.25, 0.3) is 0 Å². The Balaban J connectivity index is 0.940. The molecular weight excluding hydrogens is 928 g/mol. The summed E-state index contributed by atoms with van der Waals surface area (Å²) in [5.74, 6) is -4.16. The van der Waals surface area contributed by atoms with Gasteiger partial charge >= 0.3 is 5.97 Å². The molecule has 14 nitrogen and oxygen atoms in total. The first-order chi connectivity index (χ1) is 32.3. The topological polar surface area (TPSA) is 207 Å². The Morgan fingerprint density at radius 3 is 2.40 bits per heavy atom. The van der Waals surface area contributed by atoms with E-state index < -0.39 is 99.3 Å². The Kier molecular flexibility index (Phi) is 16.0. The number of fused-ring (bicyclic) bond motifs is 7. The van der Waals surface area contributed by atoms with Crippen LogP contribution >= 0.6 is 23.5 Å². The van der Waals surface area contributed by atoms with Crippen LogP contribution < -0.4 is 20.7 Å². The minimum atomic E-state index is -2.38. The van der Waals surface area contributed by atoms with Gasteiger partial charge in [-0.3, -0.25) is 28.8 Å². The zero-order valence-electron chi connectivity index (χ0n) is 38.7. The van der Waals surface area contributed by atoms with E-state index in [9.17, 15) is 43.4 Å². The molecule has 5 aliphatic carbocycles. The number of aliphatic hydroxyl groups is 1. The quantitative estimate of drug-likeness (QED) is 0.104. The zero-order chi connectivity index (χ0) is 49.2. The molecule has 1 saturated heterocycles. The summed E-state index contributed by atoms with van der Waals surface area (Å²) in [5.41, 5.74) is -6.55. The molecule has 372 valence electrons. The molecule has 1 aliphatic heterocycles. The molecule has 0 spiro atoms. The summed E-state index contributed by atoms with van der Waals surface area (Å²) in [7, 11) is 0. The molecule has 68 heavy (non-hydrogen) atoms. The maximum absolute atomic E-state index is 17.8. The highest BCUT2D eigenvalue weighted by Crippen LogP contribution is 2.73. The Hall–Kier alpha value is -4.17. The van der Waals surface area contributed by atoms with Crippen molar-refractivity contribution in [1.82, 2.24) is 16.0 Å². The van der Waals surface area contributed by atoms with Crippen molar-refractivity contribution < 1.29 is 66.4 Å². The number of ether oxygens (including phenoxy) is 3. The Morgan fingerprint density at radius 2 is 1.74 bits per heavy atom. The van der Waals surface area contributed by atoms with E-state index in [0.29, 0.717) is 48.8 Å². The Bertz CT molecular complexity index is 2210. The van der Waals surface area contributed by atoms with E-state index in [1.165, 1.54) is 30.8 Å². The molecule has 4 saturated carbocycles. The molecule has 11 atom stereocenters. The number of carboxylic acids is 1. The number of thioether (sulfide) groups is 2. The number of hydrogen-bond donors (Lipinski definition) is 5. The van der Waals surface area contributed by atoms with Gasteiger partial charge in [0.15, 0.2) is 23.3 Å². The van der Waals surface area contributed by atoms with E-state index in [-0.39, 0.29) is 68.0 Å². The third-order valence-corrected chi connectivity index (χ3v) is 17.2. The molecule has 3 amide bonds. The van der Waals surface area contributed by atoms with Crippen molar-refractivity contribution in [2.75, 3.05) is 18.3 Å². The predicted octanol–water partition coefficient (Wildman–Crippen LogP) is 6.66. The summed E-state index contributed by atoms with van der Waals surface area (Å²) in [6, 6.07) is 4.46. The van der Waals surface area contributed by atoms with E-state index in [1.54, 1.807) is 31.2 Å². The second-order valence-corrected chi connectivity index (χ2v) is 21.2. The summed E-state index contributed by atoms with van der Waals surface area (Å²) in [5, 5.41) is 28.5. The van der Waals surface area contributed by atoms with E-state index in [4.69, 9.17) is 14.2 Å². The molecule has 1 aromatic rings. The van der Waals surface area contributed by atoms with Gasteiger partial charge in [-0.05, 0) is 112 Å². The molecule has 0 bridgehead atoms. The highest BCUT2D eigenvalue weighted by atomic mass is 32.2. The van der Waals surface area contributed by atoms with Crippen LogP contribution in [0.5, 0.6) is 5.75 Å². The van der Waals surface area contributed by atoms with E-state index in [2.05, 4.69) is 16.0 Å². The number of aliphatic carboxylic acids is 1. The fourth-order valence-corrected chi connectivity index (χ4v) is 13.5. The fraction of sp³-hybridized carbons (Fsp3) is 0.633. The highest BCUT2D eigenvalue weighted by molar-refractivity contribution is 8.13. The average Bonchev–Trinajstić information content (AvgIpc) is 3.81. The van der Waals surface area contributed by atoms with Crippen LogP contribution in [-0.4, -0.2) is 111 Å². The third kappa shape index (κ3) is 9.80. The Morgan fingerprint density at radius 1 is 1.01 bits per heavy atom. The molecule has 6 aliphatic rings. The highest BCUT2D eigenvalue weighted by Gasteiger charge is 2.80. The number of benzene rings is 1. The largest absolute Gasteiger partial charge is 0.490 e. The summed E-state index contributed by atoms with van der Waals surface area (Å²) in [6.07, 6.45) is 3.06. The number of halogens is 3. The van der Waals surface area contributed by atoms with Crippen molar-refractivity contribution in [3.63, 3.8) is 0 Å². The summed E-state index contributed by atoms with van der Waals surface area (Å²) in [4.78, 5) is 77.2. The maximum atomic E-state index is 17.8. The normalized spacial score (nSPS) is 35.4. The Labute approximate surface area is 402 Å². The number of carboxylic acid groups (broad SMARTS) is 1. The number of nitrogens with one attached hydrogen (secondary N) is 3. The van der Waals surface area contributed by atoms with Gasteiger partial charge in [-0.1, -0.05) is 56.3 Å². The lowest BCUT2D eigenvalue weighted by Crippen LogP contribution is -2.70. The standard InChI is InChI=1S/C49H62F3N3O11S2/c1-5-7-32(6-2)67-25-41(59)53-24-40(58)55-37(16-17-42(60)61)43(62)54-28-10-14-31(15-11-28)64-30-12-8-27(9-13-30)44-65-39-22-33-34-21-36(51)35-20-29(56)18-19-46(35,3)48(34,52)38(57)23-47(33,4)49(39,66-44)45(63)68-26-50/h6,8-9,12-13,18-20,28,31,33-34,36-39,44,57H,5,7,10-11,14-17,21-26H2,1-4H3,(H,53,59)(H,54,62)(H,55,58)(H,60,61)/b32-6-/t28?,31?,33-,34-,36-,37-,38-,39+,44+,46-,47-,48-,49-/m0/s1. The molecule has 1 aromatic carbocycles. The first-order valence-corrected chi connectivity index (χ1v) is 25.5. The third-order valence-electron chi connectivity index (χ3n) is 15.3. The minimum Gasteiger partial charge on any atom is -0.490 e. The van der Waals surface area contributed by atoms with Crippen LogP contribution in [0.15, 0.2) is 59.0 Å². The average molecular weight is 990 g/mol. The van der Waals surface area contributed by atoms with Crippen molar-refractivity contribution in [2.45, 2.75) is 152 Å². The summed E-state index contributed by atoms with van der Waals surface area (Å²) in [6.45, 7) is 6.80. The number of hydrogen-bond acceptors (Lipinski definition) is 12. The number of aliphatic hydroxyl groups excluding tert-OH is 1. The number of alkyl halides is 3. The molecule has 5 N–H and O–H groups in total. The summed E-state index contributed by atoms with van der Waals surface area (Å²) >= 11 is 1.81. The van der Waals surface area contributed by atoms with Crippen LogP contribution in [0.3, 0.4) is 0 Å². The number of ketones is 1. The van der Waals surface area contributed by atoms with Crippen molar-refractivity contribution in [1.29, 1.82) is 0 Å². The van der Waals surface area contributed by atoms with Gasteiger partial charge in [0.1, 0.15) is 24.0 Å². The van der Waals surface area contributed by atoms with Gasteiger partial charge in [-0.15, -0.1) is 11.8 Å². The van der Waals surface area contributed by atoms with Crippen LogP contribution in [-0.2, 0) is 38.2 Å². The second-order valence-electron chi connectivity index (χ2n) is 19.2. The van der Waals surface area contributed by atoms with Gasteiger partial charge in [0.25, 0.3) is 0 Å². The molecule has 0 aromatic heterocycles. The SMILES string of the molecule is C/C=C(/CCC)SCC(=O)NCC(=O)N[C@@H](CCC(=O)O)C(=O)NC1CCC(Oc2ccc([C@@H]3O[C@@H]4C[C@H]5[C@@H]6C[C@H](F)C7=CC(=O)C=C[C@]7(C)[C@@]6(F)[C@@H](O)C[C@]5(C)[C@]4(C(=O)SCF)O3)cc2)CC1. The van der Waals surface area contributed by atoms with Gasteiger partial charge in [-0.25, -0.2) is 13.2 Å². The van der Waals surface area contributed by atoms with Crippen molar-refractivity contribution in [3.05, 3.63) is 64.6 Å². The molecule has 19 heteroatoms. The molecule has 0 unspecified atom stereocenters.